The zero-order valence-electron chi connectivity index (χ0n) is 10.9. The van der Waals surface area contributed by atoms with Crippen LogP contribution >= 0.6 is 11.3 Å². The third kappa shape index (κ3) is 2.59. The number of rotatable bonds is 2. The van der Waals surface area contributed by atoms with Crippen molar-refractivity contribution in [2.24, 2.45) is 4.40 Å². The summed E-state index contributed by atoms with van der Waals surface area (Å²) in [5.74, 6) is -0.182. The first-order valence-electron chi connectivity index (χ1n) is 5.96. The number of thiazole rings is 1. The molecule has 0 unspecified atom stereocenters. The molecule has 1 N–H and O–H groups in total. The molecule has 21 heavy (non-hydrogen) atoms. The Hall–Kier alpha value is -2.06. The van der Waals surface area contributed by atoms with E-state index in [0.29, 0.717) is 16.3 Å². The molecule has 0 spiro atoms. The van der Waals surface area contributed by atoms with Gasteiger partial charge in [0.15, 0.2) is 5.13 Å². The van der Waals surface area contributed by atoms with Gasteiger partial charge >= 0.3 is 0 Å². The van der Waals surface area contributed by atoms with Gasteiger partial charge in [0.05, 0.1) is 0 Å². The van der Waals surface area contributed by atoms with Crippen molar-refractivity contribution >= 4 is 37.2 Å². The lowest BCUT2D eigenvalue weighted by atomic mass is 10.1. The fourth-order valence-electron chi connectivity index (χ4n) is 2.01. The van der Waals surface area contributed by atoms with Gasteiger partial charge in [-0.05, 0) is 24.6 Å². The molecule has 0 amide bonds. The number of anilines is 1. The Labute approximate surface area is 124 Å². The number of benzene rings is 1. The van der Waals surface area contributed by atoms with Crippen LogP contribution in [-0.2, 0) is 10.0 Å². The highest BCUT2D eigenvalue weighted by Gasteiger charge is 2.31. The number of halogens is 1. The van der Waals surface area contributed by atoms with E-state index in [2.05, 4.69) is 14.7 Å². The summed E-state index contributed by atoms with van der Waals surface area (Å²) in [6, 6.07) is 5.29. The van der Waals surface area contributed by atoms with E-state index in [-0.39, 0.29) is 10.7 Å². The van der Waals surface area contributed by atoms with E-state index in [0.717, 1.165) is 0 Å². The maximum absolute atomic E-state index is 13.0. The van der Waals surface area contributed by atoms with Gasteiger partial charge in [0.1, 0.15) is 16.6 Å². The summed E-state index contributed by atoms with van der Waals surface area (Å²) < 4.78 is 41.1. The highest BCUT2D eigenvalue weighted by molar-refractivity contribution is 8.00. The quantitative estimate of drug-likeness (QED) is 0.922. The van der Waals surface area contributed by atoms with Gasteiger partial charge in [0.2, 0.25) is 0 Å². The second-order valence-electron chi connectivity index (χ2n) is 4.34. The second kappa shape index (κ2) is 5.05. The maximum atomic E-state index is 13.0. The standard InChI is InChI=1S/C13H10FN3O2S2/c1-8-11(9-2-4-10(14)5-3-9)21(18,19)17-12(8)16-13-15-6-7-20-13/h2-7H,1H3,(H,15,16,17). The third-order valence-electron chi connectivity index (χ3n) is 2.93. The van der Waals surface area contributed by atoms with E-state index in [1.165, 1.54) is 35.6 Å². The minimum absolute atomic E-state index is 0.0848. The number of amidine groups is 1. The van der Waals surface area contributed by atoms with Crippen molar-refractivity contribution in [1.82, 2.24) is 4.98 Å². The van der Waals surface area contributed by atoms with Crippen LogP contribution in [0.5, 0.6) is 0 Å². The molecule has 0 atom stereocenters. The molecule has 0 aliphatic carbocycles. The molecule has 0 radical (unpaired) electrons. The molecule has 0 saturated carbocycles. The summed E-state index contributed by atoms with van der Waals surface area (Å²) in [6.07, 6.45) is 1.61. The van der Waals surface area contributed by atoms with Crippen molar-refractivity contribution in [2.75, 3.05) is 5.32 Å². The predicted molar refractivity (Wildman–Crippen MR) is 81.1 cm³/mol. The molecule has 1 aromatic heterocycles. The van der Waals surface area contributed by atoms with Crippen molar-refractivity contribution < 1.29 is 12.8 Å². The van der Waals surface area contributed by atoms with Crippen LogP contribution < -0.4 is 5.32 Å². The molecule has 0 bridgehead atoms. The van der Waals surface area contributed by atoms with Crippen LogP contribution in [-0.4, -0.2) is 19.2 Å². The molecule has 2 aromatic rings. The van der Waals surface area contributed by atoms with Gasteiger partial charge < -0.3 is 5.32 Å². The molecule has 2 heterocycles. The van der Waals surface area contributed by atoms with E-state index < -0.39 is 15.8 Å². The molecular formula is C13H10FN3O2S2. The Balaban J connectivity index is 2.04. The molecule has 5 nitrogen and oxygen atoms in total. The molecule has 1 aromatic carbocycles. The van der Waals surface area contributed by atoms with Crippen LogP contribution in [0.1, 0.15) is 12.5 Å². The van der Waals surface area contributed by atoms with Crippen molar-refractivity contribution in [2.45, 2.75) is 6.92 Å². The average Bonchev–Trinajstić information content (AvgIpc) is 2.99. The van der Waals surface area contributed by atoms with Gasteiger partial charge in [-0.25, -0.2) is 9.37 Å². The normalized spacial score (nSPS) is 17.0. The first kappa shape index (κ1) is 13.9. The fraction of sp³-hybridized carbons (Fsp3) is 0.0769. The first-order chi connectivity index (χ1) is 9.97. The van der Waals surface area contributed by atoms with Crippen LogP contribution in [0, 0.1) is 5.82 Å². The number of nitrogens with one attached hydrogen (secondary N) is 1. The highest BCUT2D eigenvalue weighted by Crippen LogP contribution is 2.33. The smallest absolute Gasteiger partial charge is 0.285 e. The summed E-state index contributed by atoms with van der Waals surface area (Å²) in [5.41, 5.74) is 0.894. The summed E-state index contributed by atoms with van der Waals surface area (Å²) in [5, 5.41) is 5.21. The van der Waals surface area contributed by atoms with Crippen molar-refractivity contribution in [1.29, 1.82) is 0 Å². The van der Waals surface area contributed by atoms with E-state index in [1.807, 2.05) is 0 Å². The largest absolute Gasteiger partial charge is 0.315 e. The first-order valence-corrected chi connectivity index (χ1v) is 8.28. The van der Waals surface area contributed by atoms with Crippen LogP contribution in [0.15, 0.2) is 45.8 Å². The number of hydrogen-bond donors (Lipinski definition) is 1. The summed E-state index contributed by atoms with van der Waals surface area (Å²) >= 11 is 1.34. The van der Waals surface area contributed by atoms with Gasteiger partial charge in [-0.3, -0.25) is 0 Å². The SMILES string of the molecule is CC1=C(c2ccc(F)cc2)S(=O)(=O)N=C1Nc1nccs1. The lowest BCUT2D eigenvalue weighted by Crippen LogP contribution is -2.10. The van der Waals surface area contributed by atoms with Crippen molar-refractivity contribution in [3.8, 4) is 0 Å². The zero-order chi connectivity index (χ0) is 15.0. The number of sulfonamides is 1. The Bertz CT molecular complexity index is 838. The van der Waals surface area contributed by atoms with Crippen molar-refractivity contribution in [3.63, 3.8) is 0 Å². The lowest BCUT2D eigenvalue weighted by molar-refractivity contribution is 0.608. The monoisotopic (exact) mass is 323 g/mol. The van der Waals surface area contributed by atoms with Crippen molar-refractivity contribution in [3.05, 3.63) is 52.8 Å². The van der Waals surface area contributed by atoms with Crippen LogP contribution in [0.3, 0.4) is 0 Å². The topological polar surface area (TPSA) is 71.4 Å². The number of nitrogens with zero attached hydrogens (tertiary/aromatic N) is 2. The minimum Gasteiger partial charge on any atom is -0.315 e. The van der Waals surface area contributed by atoms with Gasteiger partial charge in [0.25, 0.3) is 10.0 Å². The Morgan fingerprint density at radius 1 is 1.24 bits per heavy atom. The van der Waals surface area contributed by atoms with E-state index in [1.54, 1.807) is 18.5 Å². The highest BCUT2D eigenvalue weighted by atomic mass is 32.2. The summed E-state index contributed by atoms with van der Waals surface area (Å²) in [7, 11) is -3.80. The summed E-state index contributed by atoms with van der Waals surface area (Å²) in [4.78, 5) is 4.12. The van der Waals surface area contributed by atoms with Gasteiger partial charge in [-0.15, -0.1) is 15.7 Å². The molecule has 0 saturated heterocycles. The van der Waals surface area contributed by atoms with Crippen LogP contribution in [0.25, 0.3) is 4.91 Å². The van der Waals surface area contributed by atoms with Gasteiger partial charge in [-0.1, -0.05) is 12.1 Å². The Morgan fingerprint density at radius 3 is 2.57 bits per heavy atom. The molecule has 8 heteroatoms. The lowest BCUT2D eigenvalue weighted by Gasteiger charge is -2.04. The molecule has 1 aliphatic heterocycles. The predicted octanol–water partition coefficient (Wildman–Crippen LogP) is 2.87. The van der Waals surface area contributed by atoms with Gasteiger partial charge in [0, 0.05) is 17.2 Å². The third-order valence-corrected chi connectivity index (χ3v) is 5.10. The summed E-state index contributed by atoms with van der Waals surface area (Å²) in [6.45, 7) is 1.66. The molecular weight excluding hydrogens is 313 g/mol. The number of hydrogen-bond acceptors (Lipinski definition) is 5. The van der Waals surface area contributed by atoms with E-state index in [4.69, 9.17) is 0 Å². The number of aromatic nitrogens is 1. The Kier molecular flexibility index (Phi) is 3.34. The van der Waals surface area contributed by atoms with Crippen LogP contribution in [0.4, 0.5) is 9.52 Å². The second-order valence-corrected chi connectivity index (χ2v) is 6.77. The Morgan fingerprint density at radius 2 is 1.95 bits per heavy atom. The van der Waals surface area contributed by atoms with Gasteiger partial charge in [-0.2, -0.15) is 8.42 Å². The van der Waals surface area contributed by atoms with E-state index >= 15 is 0 Å². The molecule has 3 rings (SSSR count). The average molecular weight is 323 g/mol. The minimum atomic E-state index is -3.80. The molecule has 108 valence electrons. The van der Waals surface area contributed by atoms with Crippen LogP contribution in [0.2, 0.25) is 0 Å². The molecule has 0 fully saturated rings. The fourth-order valence-corrected chi connectivity index (χ4v) is 3.96. The maximum Gasteiger partial charge on any atom is 0.285 e. The molecule has 1 aliphatic rings. The van der Waals surface area contributed by atoms with E-state index in [9.17, 15) is 12.8 Å². The zero-order valence-corrected chi connectivity index (χ0v) is 12.5.